The lowest BCUT2D eigenvalue weighted by Crippen LogP contribution is -2.26. The van der Waals surface area contributed by atoms with Gasteiger partial charge in [0.1, 0.15) is 5.69 Å². The molecule has 1 rings (SSSR count). The number of nitro groups is 1. The Hall–Kier alpha value is -1.66. The molecule has 3 N–H and O–H groups in total. The number of benzene rings is 1. The number of aliphatic hydroxyl groups excluding tert-OH is 2. The number of rotatable bonds is 6. The number of hydrogen-bond acceptors (Lipinski definition) is 5. The van der Waals surface area contributed by atoms with Crippen molar-refractivity contribution in [2.45, 2.75) is 26.5 Å². The summed E-state index contributed by atoms with van der Waals surface area (Å²) in [6.07, 6.45) is 0. The second-order valence-electron chi connectivity index (χ2n) is 4.36. The minimum absolute atomic E-state index is 0.00164. The van der Waals surface area contributed by atoms with Crippen LogP contribution in [0.15, 0.2) is 18.2 Å². The Morgan fingerprint density at radius 1 is 1.39 bits per heavy atom. The van der Waals surface area contributed by atoms with E-state index in [0.717, 1.165) is 0 Å². The summed E-state index contributed by atoms with van der Waals surface area (Å²) in [6, 6.07) is 4.33. The third-order valence-corrected chi connectivity index (χ3v) is 2.96. The van der Waals surface area contributed by atoms with Crippen LogP contribution >= 0.6 is 0 Å². The molecule has 100 valence electrons. The van der Waals surface area contributed by atoms with Crippen LogP contribution in [-0.2, 0) is 6.61 Å². The number of nitro benzene ring substituents is 1. The molecule has 6 heteroatoms. The monoisotopic (exact) mass is 254 g/mol. The molecule has 1 aromatic rings. The van der Waals surface area contributed by atoms with E-state index in [1.807, 2.05) is 13.8 Å². The van der Waals surface area contributed by atoms with Gasteiger partial charge in [-0.05, 0) is 30.5 Å². The summed E-state index contributed by atoms with van der Waals surface area (Å²) < 4.78 is 0. The molecule has 1 aromatic carbocycles. The van der Waals surface area contributed by atoms with Crippen molar-refractivity contribution in [2.24, 2.45) is 5.92 Å². The number of nitrogens with one attached hydrogen (secondary N) is 1. The molecule has 2 unspecified atom stereocenters. The number of hydrogen-bond donors (Lipinski definition) is 3. The highest BCUT2D eigenvalue weighted by molar-refractivity contribution is 5.63. The Labute approximate surface area is 105 Å². The fourth-order valence-electron chi connectivity index (χ4n) is 1.50. The fourth-order valence-corrected chi connectivity index (χ4v) is 1.50. The van der Waals surface area contributed by atoms with Gasteiger partial charge in [-0.3, -0.25) is 10.1 Å². The second kappa shape index (κ2) is 6.32. The predicted octanol–water partition coefficient (Wildman–Crippen LogP) is 1.52. The van der Waals surface area contributed by atoms with Crippen molar-refractivity contribution in [3.8, 4) is 0 Å². The molecule has 0 aliphatic carbocycles. The van der Waals surface area contributed by atoms with E-state index >= 15 is 0 Å². The molecular formula is C12H18N2O4. The molecule has 0 aliphatic rings. The second-order valence-corrected chi connectivity index (χ2v) is 4.36. The molecular weight excluding hydrogens is 236 g/mol. The molecule has 0 heterocycles. The molecule has 0 aliphatic heterocycles. The standard InChI is InChI=1S/C12H18N2O4/c1-8(6-15)9(2)13-11-5-10(7-16)3-4-12(11)14(17)18/h3-5,8-9,13,15-16H,6-7H2,1-2H3. The van der Waals surface area contributed by atoms with Gasteiger partial charge in [-0.15, -0.1) is 0 Å². The Morgan fingerprint density at radius 3 is 2.56 bits per heavy atom. The Kier molecular flexibility index (Phi) is 5.06. The van der Waals surface area contributed by atoms with E-state index in [9.17, 15) is 10.1 Å². The maximum Gasteiger partial charge on any atom is 0.292 e. The zero-order valence-corrected chi connectivity index (χ0v) is 10.5. The zero-order valence-electron chi connectivity index (χ0n) is 10.5. The summed E-state index contributed by atoms with van der Waals surface area (Å²) >= 11 is 0. The zero-order chi connectivity index (χ0) is 13.7. The molecule has 2 atom stereocenters. The van der Waals surface area contributed by atoms with Gasteiger partial charge in [-0.2, -0.15) is 0 Å². The first kappa shape index (κ1) is 14.4. The van der Waals surface area contributed by atoms with Crippen LogP contribution in [0.3, 0.4) is 0 Å². The maximum absolute atomic E-state index is 10.9. The topological polar surface area (TPSA) is 95.6 Å². The minimum Gasteiger partial charge on any atom is -0.396 e. The molecule has 0 spiro atoms. The molecule has 0 bridgehead atoms. The SMILES string of the molecule is CC(CO)C(C)Nc1cc(CO)ccc1[N+](=O)[O-]. The highest BCUT2D eigenvalue weighted by atomic mass is 16.6. The average Bonchev–Trinajstić information content (AvgIpc) is 2.37. The van der Waals surface area contributed by atoms with Crippen LogP contribution in [0.2, 0.25) is 0 Å². The first-order valence-corrected chi connectivity index (χ1v) is 5.75. The van der Waals surface area contributed by atoms with Crippen LogP contribution in [0, 0.1) is 16.0 Å². The Balaban J connectivity index is 3.00. The van der Waals surface area contributed by atoms with Crippen molar-refractivity contribution >= 4 is 11.4 Å². The third-order valence-electron chi connectivity index (χ3n) is 2.96. The van der Waals surface area contributed by atoms with Crippen molar-refractivity contribution in [1.82, 2.24) is 0 Å². The normalized spacial score (nSPS) is 14.0. The number of aliphatic hydroxyl groups is 2. The van der Waals surface area contributed by atoms with Crippen LogP contribution in [-0.4, -0.2) is 27.8 Å². The van der Waals surface area contributed by atoms with E-state index in [-0.39, 0.29) is 30.9 Å². The lowest BCUT2D eigenvalue weighted by molar-refractivity contribution is -0.384. The quantitative estimate of drug-likeness (QED) is 0.528. The average molecular weight is 254 g/mol. The van der Waals surface area contributed by atoms with Gasteiger partial charge < -0.3 is 15.5 Å². The van der Waals surface area contributed by atoms with Crippen LogP contribution in [0.4, 0.5) is 11.4 Å². The van der Waals surface area contributed by atoms with Gasteiger partial charge in [0.25, 0.3) is 5.69 Å². The van der Waals surface area contributed by atoms with Crippen molar-refractivity contribution in [3.05, 3.63) is 33.9 Å². The molecule has 0 amide bonds. The molecule has 0 saturated carbocycles. The molecule has 0 fully saturated rings. The van der Waals surface area contributed by atoms with E-state index in [1.165, 1.54) is 12.1 Å². The smallest absolute Gasteiger partial charge is 0.292 e. The van der Waals surface area contributed by atoms with E-state index < -0.39 is 4.92 Å². The van der Waals surface area contributed by atoms with Gasteiger partial charge in [0.15, 0.2) is 0 Å². The summed E-state index contributed by atoms with van der Waals surface area (Å²) in [5.41, 5.74) is 0.926. The van der Waals surface area contributed by atoms with E-state index in [1.54, 1.807) is 6.07 Å². The van der Waals surface area contributed by atoms with Gasteiger partial charge in [0.2, 0.25) is 0 Å². The van der Waals surface area contributed by atoms with Crippen LogP contribution < -0.4 is 5.32 Å². The predicted molar refractivity (Wildman–Crippen MR) is 68.4 cm³/mol. The van der Waals surface area contributed by atoms with Gasteiger partial charge >= 0.3 is 0 Å². The lowest BCUT2D eigenvalue weighted by Gasteiger charge is -2.20. The Morgan fingerprint density at radius 2 is 2.06 bits per heavy atom. The summed E-state index contributed by atoms with van der Waals surface area (Å²) in [7, 11) is 0. The highest BCUT2D eigenvalue weighted by Crippen LogP contribution is 2.27. The molecule has 6 nitrogen and oxygen atoms in total. The highest BCUT2D eigenvalue weighted by Gasteiger charge is 2.18. The summed E-state index contributed by atoms with van der Waals surface area (Å²) in [5, 5.41) is 32.0. The van der Waals surface area contributed by atoms with E-state index in [2.05, 4.69) is 5.32 Å². The molecule has 0 aromatic heterocycles. The van der Waals surface area contributed by atoms with E-state index in [4.69, 9.17) is 10.2 Å². The Bertz CT molecular complexity index is 423. The van der Waals surface area contributed by atoms with Gasteiger partial charge in [0, 0.05) is 18.7 Å². The minimum atomic E-state index is -0.472. The maximum atomic E-state index is 10.9. The van der Waals surface area contributed by atoms with Gasteiger partial charge in [0.05, 0.1) is 11.5 Å². The summed E-state index contributed by atoms with van der Waals surface area (Å²) in [6.45, 7) is 3.52. The van der Waals surface area contributed by atoms with Gasteiger partial charge in [-0.25, -0.2) is 0 Å². The van der Waals surface area contributed by atoms with Crippen molar-refractivity contribution < 1.29 is 15.1 Å². The summed E-state index contributed by atoms with van der Waals surface area (Å²) in [5.74, 6) is -0.0256. The van der Waals surface area contributed by atoms with Crippen molar-refractivity contribution in [1.29, 1.82) is 0 Å². The van der Waals surface area contributed by atoms with Crippen molar-refractivity contribution in [2.75, 3.05) is 11.9 Å². The molecule has 0 saturated heterocycles. The van der Waals surface area contributed by atoms with Crippen LogP contribution in [0.1, 0.15) is 19.4 Å². The van der Waals surface area contributed by atoms with E-state index in [0.29, 0.717) is 11.3 Å². The molecule has 0 radical (unpaired) electrons. The third kappa shape index (κ3) is 3.41. The number of anilines is 1. The van der Waals surface area contributed by atoms with Gasteiger partial charge in [-0.1, -0.05) is 6.92 Å². The largest absolute Gasteiger partial charge is 0.396 e. The lowest BCUT2D eigenvalue weighted by atomic mass is 10.0. The fraction of sp³-hybridized carbons (Fsp3) is 0.500. The first-order valence-electron chi connectivity index (χ1n) is 5.75. The summed E-state index contributed by atoms with van der Waals surface area (Å²) in [4.78, 5) is 10.4. The van der Waals surface area contributed by atoms with Crippen LogP contribution in [0.5, 0.6) is 0 Å². The first-order chi connectivity index (χ1) is 8.49. The van der Waals surface area contributed by atoms with Crippen LogP contribution in [0.25, 0.3) is 0 Å². The van der Waals surface area contributed by atoms with Crippen molar-refractivity contribution in [3.63, 3.8) is 0 Å². The molecule has 18 heavy (non-hydrogen) atoms. The number of nitrogens with zero attached hydrogens (tertiary/aromatic N) is 1.